The average molecular weight is 919 g/mol. The summed E-state index contributed by atoms with van der Waals surface area (Å²) in [4.78, 5) is 47.2. The molecule has 11 heteroatoms. The van der Waals surface area contributed by atoms with Gasteiger partial charge in [0.1, 0.15) is 30.8 Å². The third-order valence-electron chi connectivity index (χ3n) is 11.6. The van der Waals surface area contributed by atoms with Crippen LogP contribution in [0.5, 0.6) is 11.5 Å². The summed E-state index contributed by atoms with van der Waals surface area (Å²) in [6.07, 6.45) is 9.21. The second kappa shape index (κ2) is 22.5. The zero-order valence-electron chi connectivity index (χ0n) is 39.3. The van der Waals surface area contributed by atoms with Crippen LogP contribution in [0.4, 0.5) is 0 Å². The molecule has 2 atom stereocenters. The number of hydrogen-bond acceptors (Lipinski definition) is 9. The molecule has 8 aromatic rings. The van der Waals surface area contributed by atoms with Gasteiger partial charge in [0.2, 0.25) is 0 Å². The average Bonchev–Trinajstić information content (AvgIpc) is 3.36. The molecule has 0 aliphatic carbocycles. The SMILES string of the molecule is C#CCOc1ccc2c(c1)c(-c1ccc(C(C)C)cc1)nc(=O)n2CC(O)c1ccccc1.C#CCOc1ccc2c(c1)c(-c1ccc(C(C)C)cc1)nc(=O)n2CC(OC(C)=O)c1ccccc1. The molecule has 0 saturated carbocycles. The zero-order valence-corrected chi connectivity index (χ0v) is 39.3. The second-order valence-electron chi connectivity index (χ2n) is 17.0. The second-order valence-corrected chi connectivity index (χ2v) is 17.0. The molecule has 69 heavy (non-hydrogen) atoms. The Morgan fingerprint density at radius 1 is 0.580 bits per heavy atom. The lowest BCUT2D eigenvalue weighted by Gasteiger charge is -2.21. The first kappa shape index (κ1) is 48.7. The molecule has 348 valence electrons. The molecule has 2 heterocycles. The number of aromatic nitrogens is 4. The Hall–Kier alpha value is -8.25. The molecule has 0 saturated heterocycles. The Kier molecular flexibility index (Phi) is 15.9. The fourth-order valence-electron chi connectivity index (χ4n) is 7.99. The van der Waals surface area contributed by atoms with Gasteiger partial charge in [-0.25, -0.2) is 9.59 Å². The van der Waals surface area contributed by atoms with E-state index in [2.05, 4.69) is 61.6 Å². The van der Waals surface area contributed by atoms with Crippen LogP contribution < -0.4 is 20.9 Å². The number of aliphatic hydroxyl groups is 1. The highest BCUT2D eigenvalue weighted by atomic mass is 16.5. The molecule has 0 fully saturated rings. The lowest BCUT2D eigenvalue weighted by Crippen LogP contribution is -2.28. The molecular weight excluding hydrogens is 865 g/mol. The number of carbonyl (C=O) groups is 1. The molecule has 6 aromatic carbocycles. The minimum atomic E-state index is -0.845. The summed E-state index contributed by atoms with van der Waals surface area (Å²) >= 11 is 0. The smallest absolute Gasteiger partial charge is 0.348 e. The predicted molar refractivity (Wildman–Crippen MR) is 272 cm³/mol. The molecule has 0 bridgehead atoms. The van der Waals surface area contributed by atoms with Crippen LogP contribution in [0.2, 0.25) is 0 Å². The molecular formula is C58H54N4O7. The van der Waals surface area contributed by atoms with Crippen LogP contribution in [0, 0.1) is 24.7 Å². The van der Waals surface area contributed by atoms with Gasteiger partial charge in [-0.2, -0.15) is 9.97 Å². The van der Waals surface area contributed by atoms with E-state index in [0.29, 0.717) is 45.8 Å². The highest BCUT2D eigenvalue weighted by molar-refractivity contribution is 5.94. The normalized spacial score (nSPS) is 11.9. The molecule has 0 radical (unpaired) electrons. The van der Waals surface area contributed by atoms with Gasteiger partial charge in [-0.05, 0) is 70.5 Å². The van der Waals surface area contributed by atoms with Crippen LogP contribution in [0.3, 0.4) is 0 Å². The van der Waals surface area contributed by atoms with Crippen LogP contribution >= 0.6 is 0 Å². The number of benzene rings is 6. The van der Waals surface area contributed by atoms with Gasteiger partial charge in [-0.1, -0.05) is 149 Å². The fourth-order valence-corrected chi connectivity index (χ4v) is 7.99. The number of carbonyl (C=O) groups excluding carboxylic acids is 1. The summed E-state index contributed by atoms with van der Waals surface area (Å²) in [7, 11) is 0. The molecule has 0 spiro atoms. The van der Waals surface area contributed by atoms with Crippen molar-refractivity contribution in [3.05, 3.63) is 189 Å². The quantitative estimate of drug-likeness (QED) is 0.0788. The van der Waals surface area contributed by atoms with E-state index in [9.17, 15) is 19.5 Å². The molecule has 0 aliphatic rings. The predicted octanol–water partition coefficient (Wildman–Crippen LogP) is 10.4. The van der Waals surface area contributed by atoms with E-state index >= 15 is 0 Å². The van der Waals surface area contributed by atoms with E-state index in [0.717, 1.165) is 33.0 Å². The van der Waals surface area contributed by atoms with Gasteiger partial charge < -0.3 is 19.3 Å². The molecule has 2 unspecified atom stereocenters. The number of esters is 1. The van der Waals surface area contributed by atoms with E-state index in [4.69, 9.17) is 27.1 Å². The van der Waals surface area contributed by atoms with Gasteiger partial charge >= 0.3 is 17.3 Å². The first-order valence-electron chi connectivity index (χ1n) is 22.7. The van der Waals surface area contributed by atoms with Gasteiger partial charge in [-0.3, -0.25) is 13.9 Å². The zero-order chi connectivity index (χ0) is 49.0. The summed E-state index contributed by atoms with van der Waals surface area (Å²) in [5.41, 5.74) is 7.18. The van der Waals surface area contributed by atoms with Crippen molar-refractivity contribution in [3.8, 4) is 58.7 Å². The first-order valence-corrected chi connectivity index (χ1v) is 22.7. The van der Waals surface area contributed by atoms with Crippen molar-refractivity contribution in [2.45, 2.75) is 71.8 Å². The van der Waals surface area contributed by atoms with Gasteiger partial charge in [0.25, 0.3) is 0 Å². The van der Waals surface area contributed by atoms with E-state index < -0.39 is 29.6 Å². The Morgan fingerprint density at radius 3 is 1.41 bits per heavy atom. The maximum Gasteiger partial charge on any atom is 0.348 e. The fraction of sp³-hybridized carbons (Fsp3) is 0.224. The van der Waals surface area contributed by atoms with Crippen LogP contribution in [0.25, 0.3) is 44.3 Å². The number of nitrogens with zero attached hydrogens (tertiary/aromatic N) is 4. The van der Waals surface area contributed by atoms with Gasteiger partial charge in [-0.15, -0.1) is 12.8 Å². The molecule has 2 aromatic heterocycles. The van der Waals surface area contributed by atoms with Crippen molar-refractivity contribution in [2.24, 2.45) is 0 Å². The first-order chi connectivity index (χ1) is 33.3. The summed E-state index contributed by atoms with van der Waals surface area (Å²) in [6.45, 7) is 10.4. The van der Waals surface area contributed by atoms with Crippen molar-refractivity contribution in [1.82, 2.24) is 19.1 Å². The van der Waals surface area contributed by atoms with E-state index in [1.807, 2.05) is 121 Å². The number of ether oxygens (including phenoxy) is 3. The molecule has 11 nitrogen and oxygen atoms in total. The topological polar surface area (TPSA) is 135 Å². The monoisotopic (exact) mass is 918 g/mol. The van der Waals surface area contributed by atoms with E-state index in [1.165, 1.54) is 27.2 Å². The number of aliphatic hydroxyl groups excluding tert-OH is 1. The third-order valence-corrected chi connectivity index (χ3v) is 11.6. The molecule has 8 rings (SSSR count). The van der Waals surface area contributed by atoms with Crippen LogP contribution in [-0.2, 0) is 22.6 Å². The van der Waals surface area contributed by atoms with Crippen LogP contribution in [-0.4, -0.2) is 43.4 Å². The molecule has 1 N–H and O–H groups in total. The Morgan fingerprint density at radius 2 is 1.00 bits per heavy atom. The minimum Gasteiger partial charge on any atom is -0.481 e. The van der Waals surface area contributed by atoms with Gasteiger partial charge in [0, 0.05) is 28.8 Å². The van der Waals surface area contributed by atoms with Gasteiger partial charge in [0.15, 0.2) is 0 Å². The highest BCUT2D eigenvalue weighted by Gasteiger charge is 2.21. The number of terminal acetylenes is 2. The summed E-state index contributed by atoms with van der Waals surface area (Å²) < 4.78 is 19.9. The van der Waals surface area contributed by atoms with Gasteiger partial charge in [0.05, 0.1) is 41.6 Å². The Labute approximate surface area is 402 Å². The largest absolute Gasteiger partial charge is 0.481 e. The summed E-state index contributed by atoms with van der Waals surface area (Å²) in [5.74, 6) is 6.46. The lowest BCUT2D eigenvalue weighted by molar-refractivity contribution is -0.147. The van der Waals surface area contributed by atoms with Crippen LogP contribution in [0.1, 0.15) is 80.9 Å². The lowest BCUT2D eigenvalue weighted by atomic mass is 9.99. The van der Waals surface area contributed by atoms with Crippen molar-refractivity contribution in [3.63, 3.8) is 0 Å². The molecule has 0 amide bonds. The van der Waals surface area contributed by atoms with Crippen molar-refractivity contribution < 1.29 is 24.1 Å². The number of rotatable bonds is 15. The van der Waals surface area contributed by atoms with Crippen molar-refractivity contribution in [2.75, 3.05) is 13.2 Å². The minimum absolute atomic E-state index is 0.0868. The number of fused-ring (bicyclic) bond motifs is 2. The standard InChI is InChI=1S/C30H28N2O4.C28H26N2O3/c1-5-17-35-25-15-16-27-26(18-25)29(24-13-11-22(12-14-24)20(2)3)31-30(34)32(27)19-28(36-21(4)33)23-9-7-6-8-10-23;1-4-16-33-23-14-15-25-24(17-23)27(22-12-10-20(11-13-22)19(2)3)29-28(32)30(25)18-26(31)21-8-6-5-7-9-21/h1,6-16,18,20,28H,17,19H2,2-4H3;1,5-15,17,19,26,31H,16,18H2,2-3H3. The third kappa shape index (κ3) is 11.8. The summed E-state index contributed by atoms with van der Waals surface area (Å²) in [6, 6.07) is 45.6. The van der Waals surface area contributed by atoms with Crippen molar-refractivity contribution in [1.29, 1.82) is 0 Å². The van der Waals surface area contributed by atoms with E-state index in [1.54, 1.807) is 12.1 Å². The Bertz CT molecular complexity index is 3260. The van der Waals surface area contributed by atoms with E-state index in [-0.39, 0.29) is 26.3 Å². The maximum absolute atomic E-state index is 13.4. The maximum atomic E-state index is 13.4. The number of hydrogen-bond donors (Lipinski definition) is 1. The Balaban J connectivity index is 0.000000205. The summed E-state index contributed by atoms with van der Waals surface area (Å²) in [5, 5.41) is 12.2. The van der Waals surface area contributed by atoms with Crippen LogP contribution in [0.15, 0.2) is 155 Å². The molecule has 0 aliphatic heterocycles. The van der Waals surface area contributed by atoms with Crippen molar-refractivity contribution >= 4 is 27.8 Å². The highest BCUT2D eigenvalue weighted by Crippen LogP contribution is 2.33.